The molecule has 110 valence electrons. The molecule has 9 heteroatoms. The number of amidine groups is 1. The number of ether oxygens (including phenoxy) is 1. The van der Waals surface area contributed by atoms with Gasteiger partial charge >= 0.3 is 0 Å². The van der Waals surface area contributed by atoms with Crippen LogP contribution in [0.3, 0.4) is 0 Å². The lowest BCUT2D eigenvalue weighted by Gasteiger charge is -2.09. The van der Waals surface area contributed by atoms with Crippen LogP contribution in [0.15, 0.2) is 22.7 Å². The minimum absolute atomic E-state index is 0.115. The number of halogens is 1. The number of nitrogens with zero attached hydrogens (tertiary/aromatic N) is 3. The predicted molar refractivity (Wildman–Crippen MR) is 79.8 cm³/mol. The first-order chi connectivity index (χ1) is 9.82. The van der Waals surface area contributed by atoms with E-state index in [4.69, 9.17) is 15.9 Å². The van der Waals surface area contributed by atoms with Crippen LogP contribution in [0, 0.1) is 22.4 Å². The number of aryl methyl sites for hydroxylation is 2. The zero-order valence-electron chi connectivity index (χ0n) is 11.3. The average molecular weight is 354 g/mol. The van der Waals surface area contributed by atoms with Crippen molar-refractivity contribution in [3.05, 3.63) is 44.0 Å². The highest BCUT2D eigenvalue weighted by atomic mass is 79.9. The summed E-state index contributed by atoms with van der Waals surface area (Å²) in [6.45, 7) is 1.70. The number of benzene rings is 1. The third kappa shape index (κ3) is 2.72. The van der Waals surface area contributed by atoms with Gasteiger partial charge in [0, 0.05) is 13.1 Å². The van der Waals surface area contributed by atoms with Crippen LogP contribution in [0.5, 0.6) is 11.6 Å². The Kier molecular flexibility index (Phi) is 3.94. The summed E-state index contributed by atoms with van der Waals surface area (Å²) >= 11 is 3.15. The Labute approximate surface area is 128 Å². The fourth-order valence-corrected chi connectivity index (χ4v) is 2.38. The molecule has 0 aliphatic heterocycles. The Morgan fingerprint density at radius 1 is 1.57 bits per heavy atom. The highest BCUT2D eigenvalue weighted by molar-refractivity contribution is 9.10. The maximum absolute atomic E-state index is 10.9. The van der Waals surface area contributed by atoms with Crippen molar-refractivity contribution in [1.29, 1.82) is 5.41 Å². The van der Waals surface area contributed by atoms with Crippen LogP contribution in [0.25, 0.3) is 0 Å². The van der Waals surface area contributed by atoms with Gasteiger partial charge < -0.3 is 10.5 Å². The molecular formula is C12H12BrN5O3. The van der Waals surface area contributed by atoms with Crippen molar-refractivity contribution in [3.8, 4) is 11.6 Å². The van der Waals surface area contributed by atoms with Crippen molar-refractivity contribution in [2.24, 2.45) is 12.8 Å². The molecule has 0 unspecified atom stereocenters. The van der Waals surface area contributed by atoms with Crippen LogP contribution >= 0.6 is 15.9 Å². The van der Waals surface area contributed by atoms with Gasteiger partial charge in [0.1, 0.15) is 15.9 Å². The molecule has 0 aliphatic carbocycles. The Balaban J connectivity index is 2.51. The number of nitro benzene ring substituents is 1. The van der Waals surface area contributed by atoms with Gasteiger partial charge in [0.25, 0.3) is 5.69 Å². The Hall–Kier alpha value is -2.42. The SMILES string of the molecule is Cc1nn(C)c(Oc2cccc([N+](=O)[O-])c2Br)c1C(=N)N. The van der Waals surface area contributed by atoms with Crippen LogP contribution in [0.1, 0.15) is 11.3 Å². The van der Waals surface area contributed by atoms with E-state index >= 15 is 0 Å². The third-order valence-corrected chi connectivity index (χ3v) is 3.58. The van der Waals surface area contributed by atoms with E-state index in [1.54, 1.807) is 20.0 Å². The highest BCUT2D eigenvalue weighted by Gasteiger charge is 2.21. The first kappa shape index (κ1) is 15.0. The van der Waals surface area contributed by atoms with E-state index in [0.29, 0.717) is 11.3 Å². The third-order valence-electron chi connectivity index (χ3n) is 2.79. The molecule has 8 nitrogen and oxygen atoms in total. The molecule has 0 radical (unpaired) electrons. The number of nitrogens with two attached hydrogens (primary N) is 1. The van der Waals surface area contributed by atoms with Gasteiger partial charge in [-0.05, 0) is 28.9 Å². The molecule has 1 aromatic carbocycles. The number of hydrogen-bond acceptors (Lipinski definition) is 5. The lowest BCUT2D eigenvalue weighted by Crippen LogP contribution is -2.13. The summed E-state index contributed by atoms with van der Waals surface area (Å²) in [5.74, 6) is 0.313. The fraction of sp³-hybridized carbons (Fsp3) is 0.167. The molecular weight excluding hydrogens is 342 g/mol. The number of nitrogens with one attached hydrogen (secondary N) is 1. The van der Waals surface area contributed by atoms with Crippen LogP contribution < -0.4 is 10.5 Å². The van der Waals surface area contributed by atoms with E-state index in [-0.39, 0.29) is 27.6 Å². The van der Waals surface area contributed by atoms with Crippen molar-refractivity contribution in [3.63, 3.8) is 0 Å². The molecule has 0 bridgehead atoms. The van der Waals surface area contributed by atoms with Crippen LogP contribution in [0.4, 0.5) is 5.69 Å². The molecule has 1 heterocycles. The second-order valence-electron chi connectivity index (χ2n) is 4.25. The van der Waals surface area contributed by atoms with Gasteiger partial charge in [-0.1, -0.05) is 6.07 Å². The van der Waals surface area contributed by atoms with Gasteiger partial charge in [-0.2, -0.15) is 5.10 Å². The summed E-state index contributed by atoms with van der Waals surface area (Å²) in [5.41, 5.74) is 6.31. The average Bonchev–Trinajstić information content (AvgIpc) is 2.66. The normalized spacial score (nSPS) is 10.4. The van der Waals surface area contributed by atoms with Crippen molar-refractivity contribution < 1.29 is 9.66 Å². The molecule has 0 fully saturated rings. The van der Waals surface area contributed by atoms with Crippen LogP contribution in [-0.2, 0) is 7.05 Å². The molecule has 0 saturated carbocycles. The van der Waals surface area contributed by atoms with E-state index in [2.05, 4.69) is 21.0 Å². The largest absolute Gasteiger partial charge is 0.437 e. The highest BCUT2D eigenvalue weighted by Crippen LogP contribution is 2.37. The lowest BCUT2D eigenvalue weighted by molar-refractivity contribution is -0.385. The summed E-state index contributed by atoms with van der Waals surface area (Å²) in [6, 6.07) is 4.44. The second kappa shape index (κ2) is 5.52. The van der Waals surface area contributed by atoms with Gasteiger partial charge in [-0.25, -0.2) is 4.68 Å². The monoisotopic (exact) mass is 353 g/mol. The fourth-order valence-electron chi connectivity index (χ4n) is 1.89. The summed E-state index contributed by atoms with van der Waals surface area (Å²) in [6.07, 6.45) is 0. The maximum Gasteiger partial charge on any atom is 0.287 e. The first-order valence-electron chi connectivity index (χ1n) is 5.81. The van der Waals surface area contributed by atoms with E-state index in [0.717, 1.165) is 0 Å². The minimum Gasteiger partial charge on any atom is -0.437 e. The maximum atomic E-state index is 10.9. The van der Waals surface area contributed by atoms with Crippen LogP contribution in [-0.4, -0.2) is 20.5 Å². The summed E-state index contributed by atoms with van der Waals surface area (Å²) < 4.78 is 7.31. The molecule has 2 aromatic rings. The molecule has 1 aromatic heterocycles. The predicted octanol–water partition coefficient (Wildman–Crippen LogP) is 2.48. The first-order valence-corrected chi connectivity index (χ1v) is 6.61. The summed E-state index contributed by atoms with van der Waals surface area (Å²) in [7, 11) is 1.64. The quantitative estimate of drug-likeness (QED) is 0.378. The summed E-state index contributed by atoms with van der Waals surface area (Å²) in [5, 5.41) is 22.6. The van der Waals surface area contributed by atoms with Crippen molar-refractivity contribution >= 4 is 27.5 Å². The second-order valence-corrected chi connectivity index (χ2v) is 5.04. The van der Waals surface area contributed by atoms with E-state index in [1.165, 1.54) is 16.8 Å². The van der Waals surface area contributed by atoms with Gasteiger partial charge in [0.2, 0.25) is 5.88 Å². The summed E-state index contributed by atoms with van der Waals surface area (Å²) in [4.78, 5) is 10.4. The zero-order valence-corrected chi connectivity index (χ0v) is 12.8. The molecule has 0 amide bonds. The van der Waals surface area contributed by atoms with Crippen molar-refractivity contribution in [1.82, 2.24) is 9.78 Å². The zero-order chi connectivity index (χ0) is 15.7. The van der Waals surface area contributed by atoms with Gasteiger partial charge in [-0.15, -0.1) is 0 Å². The van der Waals surface area contributed by atoms with E-state index in [9.17, 15) is 10.1 Å². The smallest absolute Gasteiger partial charge is 0.287 e. The number of nitro groups is 1. The Morgan fingerprint density at radius 2 is 2.24 bits per heavy atom. The molecule has 3 N–H and O–H groups in total. The Bertz CT molecular complexity index is 741. The van der Waals surface area contributed by atoms with Gasteiger partial charge in [0.15, 0.2) is 5.75 Å². The van der Waals surface area contributed by atoms with Gasteiger partial charge in [-0.3, -0.25) is 15.5 Å². The Morgan fingerprint density at radius 3 is 2.81 bits per heavy atom. The number of hydrogen-bond donors (Lipinski definition) is 2. The van der Waals surface area contributed by atoms with E-state index < -0.39 is 4.92 Å². The number of aromatic nitrogens is 2. The van der Waals surface area contributed by atoms with Gasteiger partial charge in [0.05, 0.1) is 10.6 Å². The van der Waals surface area contributed by atoms with Crippen molar-refractivity contribution in [2.45, 2.75) is 6.92 Å². The minimum atomic E-state index is -0.517. The molecule has 0 aliphatic rings. The number of nitrogen functional groups attached to an aromatic ring is 1. The standard InChI is InChI=1S/C12H12BrN5O3/c1-6-9(11(14)15)12(17(2)16-6)21-8-5-3-4-7(10(8)13)18(19)20/h3-5H,1-2H3,(H3,14,15). The van der Waals surface area contributed by atoms with Crippen molar-refractivity contribution in [2.75, 3.05) is 0 Å². The van der Waals surface area contributed by atoms with Crippen LogP contribution in [0.2, 0.25) is 0 Å². The number of rotatable bonds is 4. The molecule has 21 heavy (non-hydrogen) atoms. The van der Waals surface area contributed by atoms with E-state index in [1.807, 2.05) is 0 Å². The molecule has 0 saturated heterocycles. The topological polar surface area (TPSA) is 120 Å². The molecule has 0 atom stereocenters. The lowest BCUT2D eigenvalue weighted by atomic mass is 10.2. The molecule has 0 spiro atoms. The molecule has 2 rings (SSSR count).